The van der Waals surface area contributed by atoms with Gasteiger partial charge in [0.1, 0.15) is 6.61 Å². The lowest BCUT2D eigenvalue weighted by atomic mass is 10.1. The molecule has 1 N–H and O–H groups in total. The summed E-state index contributed by atoms with van der Waals surface area (Å²) in [6.07, 6.45) is 1.84. The van der Waals surface area contributed by atoms with Gasteiger partial charge in [0.15, 0.2) is 16.7 Å². The molecule has 0 spiro atoms. The zero-order chi connectivity index (χ0) is 23.2. The fourth-order valence-electron chi connectivity index (χ4n) is 3.50. The predicted octanol–water partition coefficient (Wildman–Crippen LogP) is 6.17. The number of aryl methyl sites for hydroxylation is 2. The molecule has 1 heterocycles. The summed E-state index contributed by atoms with van der Waals surface area (Å²) in [5.74, 6) is 1.16. The Morgan fingerprint density at radius 1 is 0.939 bits per heavy atom. The van der Waals surface area contributed by atoms with Crippen molar-refractivity contribution in [1.82, 2.24) is 5.32 Å². The number of ether oxygens (including phenoxy) is 2. The lowest BCUT2D eigenvalue weighted by molar-refractivity contribution is -0.115. The summed E-state index contributed by atoms with van der Waals surface area (Å²) in [7, 11) is 0. The van der Waals surface area contributed by atoms with Gasteiger partial charge in [0.25, 0.3) is 5.91 Å². The van der Waals surface area contributed by atoms with Gasteiger partial charge in [0.05, 0.1) is 17.2 Å². The van der Waals surface area contributed by atoms with Crippen LogP contribution in [0.5, 0.6) is 11.5 Å². The Labute approximate surface area is 198 Å². The Hall–Kier alpha value is -3.51. The van der Waals surface area contributed by atoms with E-state index in [0.29, 0.717) is 34.8 Å². The van der Waals surface area contributed by atoms with Crippen LogP contribution in [0.15, 0.2) is 76.6 Å². The maximum atomic E-state index is 12.5. The summed E-state index contributed by atoms with van der Waals surface area (Å²) in [5, 5.41) is 3.42. The van der Waals surface area contributed by atoms with Crippen molar-refractivity contribution < 1.29 is 14.3 Å². The second-order valence-electron chi connectivity index (χ2n) is 7.74. The van der Waals surface area contributed by atoms with Crippen LogP contribution in [0.25, 0.3) is 6.08 Å². The number of aliphatic imine (C=N–C) groups is 1. The molecule has 0 unspecified atom stereocenters. The highest BCUT2D eigenvalue weighted by molar-refractivity contribution is 8.18. The highest BCUT2D eigenvalue weighted by Crippen LogP contribution is 2.33. The molecule has 168 valence electrons. The molecule has 1 aliphatic heterocycles. The molecule has 0 aliphatic carbocycles. The van der Waals surface area contributed by atoms with Crippen LogP contribution in [0.2, 0.25) is 0 Å². The van der Waals surface area contributed by atoms with Crippen molar-refractivity contribution in [3.8, 4) is 11.5 Å². The summed E-state index contributed by atoms with van der Waals surface area (Å²) < 4.78 is 11.8. The fraction of sp³-hybridized carbons (Fsp3) is 0.185. The van der Waals surface area contributed by atoms with Gasteiger partial charge >= 0.3 is 0 Å². The van der Waals surface area contributed by atoms with Crippen LogP contribution >= 0.6 is 11.8 Å². The molecule has 5 nitrogen and oxygen atoms in total. The molecule has 1 fully saturated rings. The highest BCUT2D eigenvalue weighted by atomic mass is 32.2. The molecule has 3 aromatic rings. The maximum absolute atomic E-state index is 12.5. The highest BCUT2D eigenvalue weighted by Gasteiger charge is 2.24. The first-order chi connectivity index (χ1) is 16.0. The number of carbonyl (C=O) groups excluding carboxylic acids is 1. The SMILES string of the molecule is CCOc1cc(/C=C2\SC(=Nc3cc(C)cc(C)c3)NC2=O)ccc1OCc1ccccc1. The molecule has 0 aromatic heterocycles. The van der Waals surface area contributed by atoms with Crippen LogP contribution in [0.1, 0.15) is 29.2 Å². The molecule has 1 saturated heterocycles. The topological polar surface area (TPSA) is 59.9 Å². The van der Waals surface area contributed by atoms with Crippen LogP contribution in [0.4, 0.5) is 5.69 Å². The number of nitrogens with zero attached hydrogens (tertiary/aromatic N) is 1. The minimum Gasteiger partial charge on any atom is -0.490 e. The summed E-state index contributed by atoms with van der Waals surface area (Å²) in [5.41, 5.74) is 5.04. The number of amidine groups is 1. The molecule has 6 heteroatoms. The third kappa shape index (κ3) is 6.05. The quantitative estimate of drug-likeness (QED) is 0.430. The minimum atomic E-state index is -0.162. The standard InChI is InChI=1S/C27H26N2O3S/c1-4-31-24-15-21(10-11-23(24)32-17-20-8-6-5-7-9-20)16-25-26(30)29-27(33-25)28-22-13-18(2)12-19(3)14-22/h5-16H,4,17H2,1-3H3,(H,28,29,30)/b25-16-. The molecule has 1 aliphatic rings. The number of nitrogens with one attached hydrogen (secondary N) is 1. The molecule has 0 radical (unpaired) electrons. The number of thioether (sulfide) groups is 1. The van der Waals surface area contributed by atoms with Crippen molar-refractivity contribution in [2.24, 2.45) is 4.99 Å². The predicted molar refractivity (Wildman–Crippen MR) is 135 cm³/mol. The lowest BCUT2D eigenvalue weighted by Gasteiger charge is -2.13. The maximum Gasteiger partial charge on any atom is 0.264 e. The Kier molecular flexibility index (Phi) is 7.15. The van der Waals surface area contributed by atoms with Gasteiger partial charge < -0.3 is 14.8 Å². The first kappa shape index (κ1) is 22.7. The summed E-state index contributed by atoms with van der Waals surface area (Å²) in [6.45, 7) is 6.97. The Morgan fingerprint density at radius 2 is 1.70 bits per heavy atom. The molecule has 3 aromatic carbocycles. The number of hydrogen-bond donors (Lipinski definition) is 1. The van der Waals surface area contributed by atoms with E-state index >= 15 is 0 Å². The van der Waals surface area contributed by atoms with Gasteiger partial charge in [0.2, 0.25) is 0 Å². The van der Waals surface area contributed by atoms with Crippen molar-refractivity contribution in [2.45, 2.75) is 27.4 Å². The molecule has 0 atom stereocenters. The number of hydrogen-bond acceptors (Lipinski definition) is 5. The summed E-state index contributed by atoms with van der Waals surface area (Å²) in [6, 6.07) is 21.8. The average Bonchev–Trinajstić information content (AvgIpc) is 3.11. The number of amides is 1. The van der Waals surface area contributed by atoms with E-state index in [1.165, 1.54) is 11.8 Å². The molecule has 0 saturated carbocycles. The number of rotatable bonds is 7. The van der Waals surface area contributed by atoms with Gasteiger partial charge in [-0.1, -0.05) is 42.5 Å². The zero-order valence-corrected chi connectivity index (χ0v) is 19.7. The van der Waals surface area contributed by atoms with E-state index in [9.17, 15) is 4.79 Å². The van der Waals surface area contributed by atoms with Gasteiger partial charge in [-0.2, -0.15) is 0 Å². The van der Waals surface area contributed by atoms with Crippen LogP contribution in [0, 0.1) is 13.8 Å². The monoisotopic (exact) mass is 458 g/mol. The van der Waals surface area contributed by atoms with Crippen LogP contribution in [-0.2, 0) is 11.4 Å². The second-order valence-corrected chi connectivity index (χ2v) is 8.77. The Bertz CT molecular complexity index is 1200. The minimum absolute atomic E-state index is 0.162. The van der Waals surface area contributed by atoms with Crippen molar-refractivity contribution in [3.63, 3.8) is 0 Å². The second kappa shape index (κ2) is 10.4. The lowest BCUT2D eigenvalue weighted by Crippen LogP contribution is -2.19. The van der Waals surface area contributed by atoms with Gasteiger partial charge in [0, 0.05) is 0 Å². The van der Waals surface area contributed by atoms with E-state index in [-0.39, 0.29) is 5.91 Å². The Morgan fingerprint density at radius 3 is 2.42 bits per heavy atom. The van der Waals surface area contributed by atoms with E-state index in [1.807, 2.05) is 87.5 Å². The van der Waals surface area contributed by atoms with Crippen LogP contribution in [0.3, 0.4) is 0 Å². The van der Waals surface area contributed by atoms with Gasteiger partial charge in [-0.25, -0.2) is 4.99 Å². The van der Waals surface area contributed by atoms with Crippen LogP contribution < -0.4 is 14.8 Å². The van der Waals surface area contributed by atoms with Crippen LogP contribution in [-0.4, -0.2) is 17.7 Å². The van der Waals surface area contributed by atoms with E-state index < -0.39 is 0 Å². The van der Waals surface area contributed by atoms with Crippen molar-refractivity contribution in [3.05, 3.63) is 93.9 Å². The molecule has 1 amide bonds. The van der Waals surface area contributed by atoms with Crippen molar-refractivity contribution >= 4 is 34.6 Å². The van der Waals surface area contributed by atoms with Crippen molar-refractivity contribution in [2.75, 3.05) is 6.61 Å². The number of carbonyl (C=O) groups is 1. The third-order valence-corrected chi connectivity index (χ3v) is 5.80. The van der Waals surface area contributed by atoms with E-state index in [0.717, 1.165) is 27.9 Å². The first-order valence-electron chi connectivity index (χ1n) is 10.8. The molecular weight excluding hydrogens is 432 g/mol. The first-order valence-corrected chi connectivity index (χ1v) is 11.6. The van der Waals surface area contributed by atoms with Gasteiger partial charge in [-0.3, -0.25) is 4.79 Å². The molecule has 33 heavy (non-hydrogen) atoms. The van der Waals surface area contributed by atoms with Gasteiger partial charge in [-0.05, 0) is 85.1 Å². The molecular formula is C27H26N2O3S. The van der Waals surface area contributed by atoms with E-state index in [1.54, 1.807) is 0 Å². The summed E-state index contributed by atoms with van der Waals surface area (Å²) >= 11 is 1.33. The number of benzene rings is 3. The normalized spacial score (nSPS) is 15.7. The molecule has 4 rings (SSSR count). The Balaban J connectivity index is 1.52. The largest absolute Gasteiger partial charge is 0.490 e. The fourth-order valence-corrected chi connectivity index (χ4v) is 4.34. The van der Waals surface area contributed by atoms with Gasteiger partial charge in [-0.15, -0.1) is 0 Å². The summed E-state index contributed by atoms with van der Waals surface area (Å²) in [4.78, 5) is 17.7. The van der Waals surface area contributed by atoms with E-state index in [4.69, 9.17) is 9.47 Å². The zero-order valence-electron chi connectivity index (χ0n) is 18.9. The average molecular weight is 459 g/mol. The smallest absolute Gasteiger partial charge is 0.264 e. The van der Waals surface area contributed by atoms with E-state index in [2.05, 4.69) is 16.4 Å². The van der Waals surface area contributed by atoms with Crippen molar-refractivity contribution in [1.29, 1.82) is 0 Å². The molecule has 0 bridgehead atoms. The third-order valence-electron chi connectivity index (χ3n) is 4.89.